The van der Waals surface area contributed by atoms with E-state index in [1.54, 1.807) is 6.07 Å². The van der Waals surface area contributed by atoms with Gasteiger partial charge in [-0.2, -0.15) is 0 Å². The number of hydrogen-bond donors (Lipinski definition) is 2. The van der Waals surface area contributed by atoms with Crippen molar-refractivity contribution in [3.05, 3.63) is 36.0 Å². The van der Waals surface area contributed by atoms with E-state index in [1.165, 1.54) is 0 Å². The van der Waals surface area contributed by atoms with E-state index in [-0.39, 0.29) is 5.91 Å². The molecule has 3 nitrogen and oxygen atoms in total. The Labute approximate surface area is 93.9 Å². The van der Waals surface area contributed by atoms with Crippen LogP contribution in [0.3, 0.4) is 0 Å². The van der Waals surface area contributed by atoms with E-state index in [0.717, 1.165) is 10.9 Å². The largest absolute Gasteiger partial charge is 0.361 e. The number of aromatic amines is 1. The molecule has 0 spiro atoms. The second-order valence-corrected chi connectivity index (χ2v) is 3.45. The summed E-state index contributed by atoms with van der Waals surface area (Å²) in [6.45, 7) is 0.510. The molecule has 0 saturated heterocycles. The third kappa shape index (κ3) is 1.91. The highest BCUT2D eigenvalue weighted by Crippen LogP contribution is 2.16. The van der Waals surface area contributed by atoms with Crippen LogP contribution in [0.5, 0.6) is 0 Å². The standard InChI is InChI=1S/C13H12N2O/c1-2-3-8-15-13(16)11-5-4-6-12-10(11)7-9-14-12/h1,4-7,9,14H,3,8H2,(H,15,16). The molecule has 0 fully saturated rings. The quantitative estimate of drug-likeness (QED) is 0.592. The minimum Gasteiger partial charge on any atom is -0.361 e. The maximum absolute atomic E-state index is 11.8. The van der Waals surface area contributed by atoms with E-state index in [0.29, 0.717) is 18.5 Å². The number of H-pyrrole nitrogens is 1. The average molecular weight is 212 g/mol. The molecule has 1 aromatic heterocycles. The Morgan fingerprint density at radius 1 is 1.44 bits per heavy atom. The Hall–Kier alpha value is -2.21. The summed E-state index contributed by atoms with van der Waals surface area (Å²) in [7, 11) is 0. The first-order valence-corrected chi connectivity index (χ1v) is 5.10. The van der Waals surface area contributed by atoms with Gasteiger partial charge in [0.25, 0.3) is 5.91 Å². The van der Waals surface area contributed by atoms with Crippen LogP contribution in [0.2, 0.25) is 0 Å². The van der Waals surface area contributed by atoms with Gasteiger partial charge in [0.15, 0.2) is 0 Å². The Kier molecular flexibility index (Phi) is 2.93. The zero-order chi connectivity index (χ0) is 11.4. The predicted molar refractivity (Wildman–Crippen MR) is 64.1 cm³/mol. The van der Waals surface area contributed by atoms with Gasteiger partial charge in [-0.3, -0.25) is 4.79 Å². The van der Waals surface area contributed by atoms with Crippen LogP contribution in [0.4, 0.5) is 0 Å². The molecule has 0 aliphatic carbocycles. The molecule has 1 amide bonds. The van der Waals surface area contributed by atoms with Gasteiger partial charge in [0, 0.05) is 35.6 Å². The topological polar surface area (TPSA) is 44.9 Å². The molecule has 0 radical (unpaired) electrons. The number of nitrogens with one attached hydrogen (secondary N) is 2. The first-order chi connectivity index (χ1) is 7.83. The van der Waals surface area contributed by atoms with Crippen molar-refractivity contribution in [2.24, 2.45) is 0 Å². The molecule has 2 N–H and O–H groups in total. The lowest BCUT2D eigenvalue weighted by Crippen LogP contribution is -2.24. The number of benzene rings is 1. The summed E-state index contributed by atoms with van der Waals surface area (Å²) in [5, 5.41) is 3.72. The van der Waals surface area contributed by atoms with E-state index in [9.17, 15) is 4.79 Å². The first-order valence-electron chi connectivity index (χ1n) is 5.10. The number of aromatic nitrogens is 1. The van der Waals surface area contributed by atoms with Crippen molar-refractivity contribution >= 4 is 16.8 Å². The van der Waals surface area contributed by atoms with Crippen LogP contribution in [0.25, 0.3) is 10.9 Å². The summed E-state index contributed by atoms with van der Waals surface area (Å²) < 4.78 is 0. The van der Waals surface area contributed by atoms with Crippen LogP contribution in [0.1, 0.15) is 16.8 Å². The fourth-order valence-electron chi connectivity index (χ4n) is 1.63. The number of rotatable bonds is 3. The molecule has 16 heavy (non-hydrogen) atoms. The van der Waals surface area contributed by atoms with Crippen LogP contribution in [-0.2, 0) is 0 Å². The minimum atomic E-state index is -0.0829. The van der Waals surface area contributed by atoms with Crippen molar-refractivity contribution in [2.75, 3.05) is 6.54 Å². The van der Waals surface area contributed by atoms with Gasteiger partial charge < -0.3 is 10.3 Å². The van der Waals surface area contributed by atoms with Crippen molar-refractivity contribution < 1.29 is 4.79 Å². The fraction of sp³-hybridized carbons (Fsp3) is 0.154. The van der Waals surface area contributed by atoms with Gasteiger partial charge in [-0.05, 0) is 18.2 Å². The average Bonchev–Trinajstić information content (AvgIpc) is 2.76. The van der Waals surface area contributed by atoms with Gasteiger partial charge in [0.05, 0.1) is 0 Å². The highest BCUT2D eigenvalue weighted by atomic mass is 16.1. The zero-order valence-corrected chi connectivity index (χ0v) is 8.79. The third-order valence-corrected chi connectivity index (χ3v) is 2.39. The van der Waals surface area contributed by atoms with Crippen molar-refractivity contribution in [3.8, 4) is 12.3 Å². The van der Waals surface area contributed by atoms with E-state index >= 15 is 0 Å². The molecule has 1 heterocycles. The Morgan fingerprint density at radius 3 is 3.12 bits per heavy atom. The van der Waals surface area contributed by atoms with Crippen molar-refractivity contribution in [3.63, 3.8) is 0 Å². The molecule has 2 rings (SSSR count). The van der Waals surface area contributed by atoms with Gasteiger partial charge in [-0.25, -0.2) is 0 Å². The minimum absolute atomic E-state index is 0.0829. The number of carbonyl (C=O) groups excluding carboxylic acids is 1. The second kappa shape index (κ2) is 4.54. The number of carbonyl (C=O) groups is 1. The lowest BCUT2D eigenvalue weighted by molar-refractivity contribution is 0.0956. The molecule has 0 unspecified atom stereocenters. The molecular weight excluding hydrogens is 200 g/mol. The monoisotopic (exact) mass is 212 g/mol. The maximum atomic E-state index is 11.8. The molecule has 80 valence electrons. The molecule has 2 aromatic rings. The SMILES string of the molecule is C#CCCNC(=O)c1cccc2[nH]ccc12. The van der Waals surface area contributed by atoms with Crippen LogP contribution in [0.15, 0.2) is 30.5 Å². The Balaban J connectivity index is 2.23. The smallest absolute Gasteiger partial charge is 0.251 e. The van der Waals surface area contributed by atoms with Gasteiger partial charge in [-0.1, -0.05) is 6.07 Å². The molecule has 0 saturated carbocycles. The Morgan fingerprint density at radius 2 is 2.31 bits per heavy atom. The number of amides is 1. The van der Waals surface area contributed by atoms with Gasteiger partial charge in [0.1, 0.15) is 0 Å². The molecule has 0 aliphatic heterocycles. The molecule has 0 atom stereocenters. The number of fused-ring (bicyclic) bond motifs is 1. The van der Waals surface area contributed by atoms with Crippen molar-refractivity contribution in [2.45, 2.75) is 6.42 Å². The number of hydrogen-bond acceptors (Lipinski definition) is 1. The molecule has 0 bridgehead atoms. The molecule has 3 heteroatoms. The molecular formula is C13H12N2O. The van der Waals surface area contributed by atoms with Crippen molar-refractivity contribution in [1.29, 1.82) is 0 Å². The summed E-state index contributed by atoms with van der Waals surface area (Å²) in [5.74, 6) is 2.40. The van der Waals surface area contributed by atoms with E-state index in [1.807, 2.05) is 24.4 Å². The van der Waals surface area contributed by atoms with Gasteiger partial charge >= 0.3 is 0 Å². The highest BCUT2D eigenvalue weighted by molar-refractivity contribution is 6.06. The highest BCUT2D eigenvalue weighted by Gasteiger charge is 2.08. The van der Waals surface area contributed by atoms with E-state index < -0.39 is 0 Å². The summed E-state index contributed by atoms with van der Waals surface area (Å²) in [4.78, 5) is 14.9. The predicted octanol–water partition coefficient (Wildman–Crippen LogP) is 1.92. The van der Waals surface area contributed by atoms with Gasteiger partial charge in [-0.15, -0.1) is 12.3 Å². The number of terminal acetylenes is 1. The summed E-state index contributed by atoms with van der Waals surface area (Å²) in [6.07, 6.45) is 7.49. The maximum Gasteiger partial charge on any atom is 0.251 e. The summed E-state index contributed by atoms with van der Waals surface area (Å²) in [5.41, 5.74) is 1.64. The molecule has 1 aromatic carbocycles. The lowest BCUT2D eigenvalue weighted by Gasteiger charge is -2.04. The second-order valence-electron chi connectivity index (χ2n) is 3.45. The Bertz CT molecular complexity index is 548. The summed E-state index contributed by atoms with van der Waals surface area (Å²) >= 11 is 0. The van der Waals surface area contributed by atoms with Crippen LogP contribution in [-0.4, -0.2) is 17.4 Å². The lowest BCUT2D eigenvalue weighted by atomic mass is 10.1. The van der Waals surface area contributed by atoms with Crippen LogP contribution >= 0.6 is 0 Å². The van der Waals surface area contributed by atoms with Crippen LogP contribution in [0, 0.1) is 12.3 Å². The first kappa shape index (κ1) is 10.3. The summed E-state index contributed by atoms with van der Waals surface area (Å²) in [6, 6.07) is 7.50. The van der Waals surface area contributed by atoms with E-state index in [4.69, 9.17) is 6.42 Å². The van der Waals surface area contributed by atoms with Crippen LogP contribution < -0.4 is 5.32 Å². The van der Waals surface area contributed by atoms with Gasteiger partial charge in [0.2, 0.25) is 0 Å². The zero-order valence-electron chi connectivity index (χ0n) is 8.79. The fourth-order valence-corrected chi connectivity index (χ4v) is 1.63. The van der Waals surface area contributed by atoms with Crippen molar-refractivity contribution in [1.82, 2.24) is 10.3 Å². The van der Waals surface area contributed by atoms with E-state index in [2.05, 4.69) is 16.2 Å². The third-order valence-electron chi connectivity index (χ3n) is 2.39. The normalized spacial score (nSPS) is 9.94. The molecule has 0 aliphatic rings.